The van der Waals surface area contributed by atoms with Crippen LogP contribution in [0.3, 0.4) is 0 Å². The summed E-state index contributed by atoms with van der Waals surface area (Å²) in [6, 6.07) is 4.26. The zero-order chi connectivity index (χ0) is 33.8. The van der Waals surface area contributed by atoms with E-state index in [1.165, 1.54) is 0 Å². The smallest absolute Gasteiger partial charge is 0.394 e. The summed E-state index contributed by atoms with van der Waals surface area (Å²) in [7, 11) is 1.95. The molecule has 0 aliphatic rings. The van der Waals surface area contributed by atoms with Crippen molar-refractivity contribution < 1.29 is 52.7 Å². The van der Waals surface area contributed by atoms with E-state index in [2.05, 4.69) is 41.1 Å². The summed E-state index contributed by atoms with van der Waals surface area (Å²) < 4.78 is 46.0. The molecule has 1 aromatic heterocycles. The molecular weight excluding hydrogens is 632 g/mol. The Kier molecular flexibility index (Phi) is 24.2. The van der Waals surface area contributed by atoms with Crippen molar-refractivity contribution in [2.45, 2.75) is 13.8 Å². The van der Waals surface area contributed by atoms with Crippen LogP contribution in [0.5, 0.6) is 0 Å². The zero-order valence-electron chi connectivity index (χ0n) is 28.3. The van der Waals surface area contributed by atoms with E-state index < -0.39 is 0 Å². The van der Waals surface area contributed by atoms with E-state index in [1.807, 2.05) is 23.2 Å². The van der Waals surface area contributed by atoms with E-state index in [-0.39, 0.29) is 13.2 Å². The first-order valence-corrected chi connectivity index (χ1v) is 17.0. The van der Waals surface area contributed by atoms with Crippen molar-refractivity contribution in [3.63, 3.8) is 0 Å². The predicted octanol–water partition coefficient (Wildman–Crippen LogP) is 2.53. The predicted molar refractivity (Wildman–Crippen MR) is 179 cm³/mol. The number of aliphatic hydroxyl groups excluding tert-OH is 2. The topological polar surface area (TPSA) is 146 Å². The number of aliphatic hydroxyl groups is 2. The van der Waals surface area contributed by atoms with Crippen LogP contribution in [-0.2, 0) is 44.9 Å². The van der Waals surface area contributed by atoms with Gasteiger partial charge in [-0.25, -0.2) is 4.57 Å². The number of hydrogen-bond acceptors (Lipinski definition) is 14. The van der Waals surface area contributed by atoms with Gasteiger partial charge in [0.15, 0.2) is 0 Å². The summed E-state index contributed by atoms with van der Waals surface area (Å²) in [5, 5.41) is 29.2. The molecule has 0 bridgehead atoms. The Labute approximate surface area is 283 Å². The molecule has 0 amide bonds. The number of benzene rings is 1. The Balaban J connectivity index is 1.77. The molecule has 2 aromatic rings. The molecular formula is C32H55N4O10S+. The molecule has 2 rings (SSSR count). The highest BCUT2D eigenvalue weighted by atomic mass is 32.1. The van der Waals surface area contributed by atoms with E-state index in [1.54, 1.807) is 11.3 Å². The molecule has 15 heteroatoms. The lowest BCUT2D eigenvalue weighted by molar-refractivity contribution is -0.654. The minimum Gasteiger partial charge on any atom is -0.394 e. The van der Waals surface area contributed by atoms with E-state index in [0.717, 1.165) is 27.6 Å². The Morgan fingerprint density at radius 3 is 1.34 bits per heavy atom. The monoisotopic (exact) mass is 687 g/mol. The number of azo groups is 1. The minimum atomic E-state index is 0.0144. The lowest BCUT2D eigenvalue weighted by Gasteiger charge is -2.26. The van der Waals surface area contributed by atoms with Crippen molar-refractivity contribution in [3.05, 3.63) is 34.8 Å². The van der Waals surface area contributed by atoms with Gasteiger partial charge in [-0.3, -0.25) is 0 Å². The first-order chi connectivity index (χ1) is 23.1. The molecule has 14 nitrogen and oxygen atoms in total. The first kappa shape index (κ1) is 41.0. The Morgan fingerprint density at radius 1 is 0.596 bits per heavy atom. The molecule has 2 N–H and O–H groups in total. The molecule has 0 aliphatic carbocycles. The standard InChI is InChI=1S/C32H55N4O10S/c1-28-26-30(27-29(2)31(28)33-34-32-35(3)6-25-47-32)36(4-9-39-13-17-43-21-23-45-19-15-41-11-7-37)5-10-40-14-18-44-22-24-46-20-16-42-12-8-38/h6,25-27,37-38H,4-5,7-24H2,1-3H3/q+1. The molecule has 0 aliphatic heterocycles. The van der Waals surface area contributed by atoms with Crippen LogP contribution in [0.25, 0.3) is 0 Å². The molecule has 0 radical (unpaired) electrons. The summed E-state index contributed by atoms with van der Waals surface area (Å²) in [6.07, 6.45) is 1.96. The van der Waals surface area contributed by atoms with Crippen LogP contribution in [0.15, 0.2) is 33.9 Å². The van der Waals surface area contributed by atoms with Crippen LogP contribution in [-0.4, -0.2) is 142 Å². The second-order valence-corrected chi connectivity index (χ2v) is 11.1. The van der Waals surface area contributed by atoms with Crippen molar-refractivity contribution in [2.75, 3.05) is 137 Å². The number of aromatic nitrogens is 1. The van der Waals surface area contributed by atoms with Gasteiger partial charge in [0.1, 0.15) is 11.9 Å². The third-order valence-corrected chi connectivity index (χ3v) is 7.39. The highest BCUT2D eigenvalue weighted by Crippen LogP contribution is 2.31. The average Bonchev–Trinajstić information content (AvgIpc) is 3.48. The van der Waals surface area contributed by atoms with Gasteiger partial charge in [-0.1, -0.05) is 0 Å². The Hall–Kier alpha value is -2.15. The maximum atomic E-state index is 8.69. The number of thiazole rings is 1. The van der Waals surface area contributed by atoms with Crippen LogP contribution in [0, 0.1) is 13.8 Å². The average molecular weight is 688 g/mol. The van der Waals surface area contributed by atoms with Crippen molar-refractivity contribution in [1.29, 1.82) is 0 Å². The number of ether oxygens (including phenoxy) is 8. The lowest BCUT2D eigenvalue weighted by atomic mass is 10.1. The molecule has 268 valence electrons. The SMILES string of the molecule is Cc1cc(N(CCOCCOCCOCCOCCO)CCOCCOCCOCCOCCO)cc(C)c1N=Nc1scc[n+]1C. The van der Waals surface area contributed by atoms with Gasteiger partial charge in [-0.2, -0.15) is 0 Å². The number of rotatable bonds is 31. The molecule has 47 heavy (non-hydrogen) atoms. The zero-order valence-corrected chi connectivity index (χ0v) is 29.1. The van der Waals surface area contributed by atoms with Crippen molar-refractivity contribution in [1.82, 2.24) is 0 Å². The summed E-state index contributed by atoms with van der Waals surface area (Å²) in [4.78, 5) is 2.25. The molecule has 0 saturated heterocycles. The van der Waals surface area contributed by atoms with E-state index in [4.69, 9.17) is 48.1 Å². The molecule has 0 spiro atoms. The summed E-state index contributed by atoms with van der Waals surface area (Å²) >= 11 is 1.55. The van der Waals surface area contributed by atoms with Gasteiger partial charge in [0.25, 0.3) is 0 Å². The summed E-state index contributed by atoms with van der Waals surface area (Å²) in [5.41, 5.74) is 4.02. The summed E-state index contributed by atoms with van der Waals surface area (Å²) in [6.45, 7) is 12.9. The van der Waals surface area contributed by atoms with Crippen LogP contribution < -0.4 is 9.47 Å². The van der Waals surface area contributed by atoms with E-state index in [0.29, 0.717) is 119 Å². The second kappa shape index (κ2) is 27.8. The Bertz CT molecular complexity index is 1030. The molecule has 0 unspecified atom stereocenters. The van der Waals surface area contributed by atoms with Gasteiger partial charge < -0.3 is 53.0 Å². The van der Waals surface area contributed by atoms with Gasteiger partial charge in [0.2, 0.25) is 0 Å². The largest absolute Gasteiger partial charge is 0.408 e. The molecule has 1 aromatic carbocycles. The number of hydrogen-bond donors (Lipinski definition) is 2. The van der Waals surface area contributed by atoms with E-state index >= 15 is 0 Å². The second-order valence-electron chi connectivity index (χ2n) is 10.3. The van der Waals surface area contributed by atoms with Crippen molar-refractivity contribution >= 4 is 27.8 Å². The van der Waals surface area contributed by atoms with Crippen LogP contribution in [0.4, 0.5) is 16.5 Å². The molecule has 0 fully saturated rings. The number of aryl methyl sites for hydroxylation is 3. The highest BCUT2D eigenvalue weighted by Gasteiger charge is 2.14. The lowest BCUT2D eigenvalue weighted by Crippen LogP contribution is -2.31. The molecule has 0 saturated carbocycles. The fraction of sp³-hybridized carbons (Fsp3) is 0.719. The van der Waals surface area contributed by atoms with Gasteiger partial charge in [-0.15, -0.1) is 0 Å². The highest BCUT2D eigenvalue weighted by molar-refractivity contribution is 7.12. The maximum Gasteiger partial charge on any atom is 0.408 e. The number of anilines is 1. The van der Waals surface area contributed by atoms with Crippen molar-refractivity contribution in [2.24, 2.45) is 17.3 Å². The van der Waals surface area contributed by atoms with Crippen LogP contribution in [0.1, 0.15) is 11.1 Å². The Morgan fingerprint density at radius 2 is 0.979 bits per heavy atom. The number of nitrogens with zero attached hydrogens (tertiary/aromatic N) is 4. The maximum absolute atomic E-state index is 8.69. The van der Waals surface area contributed by atoms with Crippen LogP contribution in [0.2, 0.25) is 0 Å². The van der Waals surface area contributed by atoms with Gasteiger partial charge in [0, 0.05) is 24.2 Å². The first-order valence-electron chi connectivity index (χ1n) is 16.1. The van der Waals surface area contributed by atoms with Crippen LogP contribution >= 0.6 is 11.3 Å². The fourth-order valence-corrected chi connectivity index (χ4v) is 4.84. The quantitative estimate of drug-likeness (QED) is 0.0685. The van der Waals surface area contributed by atoms with Crippen molar-refractivity contribution in [3.8, 4) is 0 Å². The third-order valence-electron chi connectivity index (χ3n) is 6.55. The van der Waals surface area contributed by atoms with Gasteiger partial charge >= 0.3 is 5.13 Å². The summed E-state index contributed by atoms with van der Waals surface area (Å²) in [5.74, 6) is 0. The molecule has 1 heterocycles. The normalized spacial score (nSPS) is 11.7. The van der Waals surface area contributed by atoms with E-state index in [9.17, 15) is 0 Å². The van der Waals surface area contributed by atoms with Gasteiger partial charge in [-0.05, 0) is 53.6 Å². The van der Waals surface area contributed by atoms with Gasteiger partial charge in [0.05, 0.1) is 131 Å². The molecule has 0 atom stereocenters. The minimum absolute atomic E-state index is 0.0144. The third kappa shape index (κ3) is 19.4. The fourth-order valence-electron chi connectivity index (χ4n) is 4.16.